The number of anilines is 2. The summed E-state index contributed by atoms with van der Waals surface area (Å²) in [6.07, 6.45) is 1.39. The monoisotopic (exact) mass is 343 g/mol. The Morgan fingerprint density at radius 2 is 1.69 bits per heavy atom. The number of fused-ring (bicyclic) bond motifs is 1. The number of carbonyl (C=O) groups is 1. The van der Waals surface area contributed by atoms with Gasteiger partial charge in [-0.3, -0.25) is 4.79 Å². The van der Waals surface area contributed by atoms with Crippen molar-refractivity contribution in [1.29, 1.82) is 5.26 Å². The highest BCUT2D eigenvalue weighted by atomic mass is 16.3. The predicted octanol–water partition coefficient (Wildman–Crippen LogP) is 4.31. The van der Waals surface area contributed by atoms with E-state index in [2.05, 4.69) is 10.6 Å². The zero-order chi connectivity index (χ0) is 18.5. The van der Waals surface area contributed by atoms with Crippen LogP contribution in [0.3, 0.4) is 0 Å². The third-order valence-electron chi connectivity index (χ3n) is 4.03. The largest absolute Gasteiger partial charge is 0.507 e. The highest BCUT2D eigenvalue weighted by molar-refractivity contribution is 6.11. The van der Waals surface area contributed by atoms with Gasteiger partial charge in [-0.1, -0.05) is 42.5 Å². The van der Waals surface area contributed by atoms with E-state index >= 15 is 0 Å². The van der Waals surface area contributed by atoms with Gasteiger partial charge in [0, 0.05) is 28.3 Å². The molecule has 0 atom stereocenters. The topological polar surface area (TPSA) is 85.2 Å². The van der Waals surface area contributed by atoms with Crippen molar-refractivity contribution in [1.82, 2.24) is 0 Å². The van der Waals surface area contributed by atoms with E-state index < -0.39 is 5.91 Å². The Kier molecular flexibility index (Phi) is 4.86. The van der Waals surface area contributed by atoms with Crippen molar-refractivity contribution >= 4 is 28.1 Å². The summed E-state index contributed by atoms with van der Waals surface area (Å²) in [4.78, 5) is 12.5. The molecule has 3 aromatic carbocycles. The second kappa shape index (κ2) is 7.41. The van der Waals surface area contributed by atoms with Crippen LogP contribution in [0.5, 0.6) is 5.75 Å². The van der Waals surface area contributed by atoms with E-state index in [4.69, 9.17) is 0 Å². The van der Waals surface area contributed by atoms with Crippen molar-refractivity contribution in [2.24, 2.45) is 0 Å². The van der Waals surface area contributed by atoms with Gasteiger partial charge in [0.05, 0.1) is 0 Å². The maximum Gasteiger partial charge on any atom is 0.267 e. The molecule has 0 spiro atoms. The molecule has 3 aromatic rings. The summed E-state index contributed by atoms with van der Waals surface area (Å²) < 4.78 is 0. The summed E-state index contributed by atoms with van der Waals surface area (Å²) in [5.74, 6) is -0.389. The summed E-state index contributed by atoms with van der Waals surface area (Å²) >= 11 is 0. The smallest absolute Gasteiger partial charge is 0.267 e. The van der Waals surface area contributed by atoms with Gasteiger partial charge in [0.25, 0.3) is 5.91 Å². The molecule has 1 amide bonds. The van der Waals surface area contributed by atoms with Crippen molar-refractivity contribution in [2.45, 2.75) is 6.92 Å². The zero-order valence-corrected chi connectivity index (χ0v) is 14.2. The molecule has 0 unspecified atom stereocenters. The molecule has 0 aliphatic heterocycles. The molecule has 128 valence electrons. The Morgan fingerprint density at radius 3 is 2.46 bits per heavy atom. The summed E-state index contributed by atoms with van der Waals surface area (Å²) in [5.41, 5.74) is 2.31. The highest BCUT2D eigenvalue weighted by Crippen LogP contribution is 2.30. The van der Waals surface area contributed by atoms with Crippen LogP contribution in [0.15, 0.2) is 72.4 Å². The first kappa shape index (κ1) is 17.1. The Bertz CT molecular complexity index is 1050. The number of phenols is 1. The molecule has 5 heteroatoms. The maximum atomic E-state index is 12.5. The molecule has 0 aliphatic carbocycles. The predicted molar refractivity (Wildman–Crippen MR) is 103 cm³/mol. The van der Waals surface area contributed by atoms with Gasteiger partial charge in [-0.05, 0) is 30.7 Å². The van der Waals surface area contributed by atoms with Crippen LogP contribution >= 0.6 is 0 Å². The van der Waals surface area contributed by atoms with E-state index in [0.29, 0.717) is 16.5 Å². The first-order chi connectivity index (χ1) is 12.6. The summed E-state index contributed by atoms with van der Waals surface area (Å²) in [5, 5.41) is 26.3. The molecule has 0 saturated carbocycles. The van der Waals surface area contributed by atoms with Gasteiger partial charge in [0.15, 0.2) is 0 Å². The lowest BCUT2D eigenvalue weighted by Crippen LogP contribution is -2.14. The molecule has 0 aliphatic rings. The van der Waals surface area contributed by atoms with Crippen LogP contribution in [-0.4, -0.2) is 11.0 Å². The number of nitriles is 1. The molecule has 0 radical (unpaired) electrons. The summed E-state index contributed by atoms with van der Waals surface area (Å²) in [7, 11) is 0. The fourth-order valence-corrected chi connectivity index (χ4v) is 2.63. The first-order valence-electron chi connectivity index (χ1n) is 8.04. The minimum atomic E-state index is -0.524. The molecule has 26 heavy (non-hydrogen) atoms. The Balaban J connectivity index is 1.85. The number of amides is 1. The normalized spacial score (nSPS) is 11.0. The molecule has 0 bridgehead atoms. The van der Waals surface area contributed by atoms with Crippen LogP contribution in [0.4, 0.5) is 11.4 Å². The molecule has 3 rings (SSSR count). The fraction of sp³-hybridized carbons (Fsp3) is 0.0476. The average Bonchev–Trinajstić information content (AvgIpc) is 2.64. The van der Waals surface area contributed by atoms with Gasteiger partial charge in [0.1, 0.15) is 17.4 Å². The minimum absolute atomic E-state index is 0.0505. The number of aromatic hydroxyl groups is 1. The van der Waals surface area contributed by atoms with Crippen molar-refractivity contribution in [3.05, 3.63) is 78.0 Å². The number of carbonyl (C=O) groups excluding carboxylic acids is 1. The van der Waals surface area contributed by atoms with Crippen LogP contribution < -0.4 is 10.6 Å². The van der Waals surface area contributed by atoms with E-state index in [0.717, 1.165) is 11.3 Å². The van der Waals surface area contributed by atoms with E-state index in [1.165, 1.54) is 6.20 Å². The van der Waals surface area contributed by atoms with Gasteiger partial charge in [-0.25, -0.2) is 0 Å². The van der Waals surface area contributed by atoms with Crippen molar-refractivity contribution in [2.75, 3.05) is 10.6 Å². The number of rotatable bonds is 4. The number of hydrogen-bond acceptors (Lipinski definition) is 4. The number of nitrogens with zero attached hydrogens (tertiary/aromatic N) is 1. The average molecular weight is 343 g/mol. The van der Waals surface area contributed by atoms with Crippen molar-refractivity contribution in [3.8, 4) is 11.8 Å². The lowest BCUT2D eigenvalue weighted by Gasteiger charge is -2.10. The van der Waals surface area contributed by atoms with Crippen LogP contribution in [0.2, 0.25) is 0 Å². The number of aryl methyl sites for hydroxylation is 1. The van der Waals surface area contributed by atoms with Gasteiger partial charge in [0.2, 0.25) is 0 Å². The molecule has 3 N–H and O–H groups in total. The third kappa shape index (κ3) is 3.50. The van der Waals surface area contributed by atoms with E-state index in [-0.39, 0.29) is 11.3 Å². The number of para-hydroxylation sites is 1. The second-order valence-electron chi connectivity index (χ2n) is 5.76. The standard InChI is InChI=1S/C21H17N3O2/c1-14-6-2-3-9-18(14)23-13-15(12-22)21(26)24-19-10-4-8-17-16(19)7-5-11-20(17)25/h2-11,13,23,25H,1H3,(H,24,26)/b15-13-. The number of phenolic OH excluding ortho intramolecular Hbond substituents is 1. The van der Waals surface area contributed by atoms with Crippen LogP contribution in [0.1, 0.15) is 5.56 Å². The lowest BCUT2D eigenvalue weighted by molar-refractivity contribution is -0.112. The maximum absolute atomic E-state index is 12.5. The van der Waals surface area contributed by atoms with Gasteiger partial charge < -0.3 is 15.7 Å². The zero-order valence-electron chi connectivity index (χ0n) is 14.2. The number of hydrogen-bond donors (Lipinski definition) is 3. The quantitative estimate of drug-likeness (QED) is 0.487. The van der Waals surface area contributed by atoms with Crippen LogP contribution in [0.25, 0.3) is 10.8 Å². The SMILES string of the molecule is Cc1ccccc1N/C=C(/C#N)C(=O)Nc1cccc2c(O)cccc12. The lowest BCUT2D eigenvalue weighted by atomic mass is 10.1. The Morgan fingerprint density at radius 1 is 1.00 bits per heavy atom. The van der Waals surface area contributed by atoms with Gasteiger partial charge in [-0.15, -0.1) is 0 Å². The second-order valence-corrected chi connectivity index (χ2v) is 5.76. The van der Waals surface area contributed by atoms with E-state index in [1.807, 2.05) is 37.3 Å². The molecular weight excluding hydrogens is 326 g/mol. The van der Waals surface area contributed by atoms with Crippen LogP contribution in [-0.2, 0) is 4.79 Å². The molecule has 5 nitrogen and oxygen atoms in total. The van der Waals surface area contributed by atoms with Crippen molar-refractivity contribution < 1.29 is 9.90 Å². The van der Waals surface area contributed by atoms with Gasteiger partial charge in [-0.2, -0.15) is 5.26 Å². The molecule has 0 aromatic heterocycles. The van der Waals surface area contributed by atoms with E-state index in [9.17, 15) is 15.2 Å². The highest BCUT2D eigenvalue weighted by Gasteiger charge is 2.12. The minimum Gasteiger partial charge on any atom is -0.507 e. The molecule has 0 heterocycles. The number of nitrogens with one attached hydrogen (secondary N) is 2. The van der Waals surface area contributed by atoms with Crippen LogP contribution in [0, 0.1) is 18.3 Å². The summed E-state index contributed by atoms with van der Waals surface area (Å²) in [6, 6.07) is 19.8. The molecule has 0 saturated heterocycles. The number of benzene rings is 3. The van der Waals surface area contributed by atoms with Crippen molar-refractivity contribution in [3.63, 3.8) is 0 Å². The Hall–Kier alpha value is -3.78. The fourth-order valence-electron chi connectivity index (χ4n) is 2.63. The Labute approximate surface area is 151 Å². The molecule has 0 fully saturated rings. The van der Waals surface area contributed by atoms with Gasteiger partial charge >= 0.3 is 0 Å². The summed E-state index contributed by atoms with van der Waals surface area (Å²) in [6.45, 7) is 1.94. The third-order valence-corrected chi connectivity index (χ3v) is 4.03. The van der Waals surface area contributed by atoms with E-state index in [1.54, 1.807) is 36.4 Å². The first-order valence-corrected chi connectivity index (χ1v) is 8.04. The molecular formula is C21H17N3O2.